The van der Waals surface area contributed by atoms with Gasteiger partial charge in [-0.05, 0) is 99.0 Å². The molecule has 0 saturated carbocycles. The molecule has 3 aliphatic heterocycles. The third kappa shape index (κ3) is 19.8. The summed E-state index contributed by atoms with van der Waals surface area (Å²) in [5.74, 6) is -8.55. The number of carboxylic acids is 1. The number of carbonyl (C=O) groups excluding carboxylic acids is 8. The minimum atomic E-state index is -1.77. The Morgan fingerprint density at radius 1 is 0.644 bits per heavy atom. The van der Waals surface area contributed by atoms with E-state index in [2.05, 4.69) is 57.8 Å². The molecule has 24 heteroatoms. The summed E-state index contributed by atoms with van der Waals surface area (Å²) in [7, 11) is 0. The van der Waals surface area contributed by atoms with Gasteiger partial charge in [0.1, 0.15) is 36.3 Å². The normalized spacial score (nSPS) is 21.3. The Morgan fingerprint density at radius 2 is 1.21 bits per heavy atom. The van der Waals surface area contributed by atoms with Crippen LogP contribution in [-0.4, -0.2) is 120 Å². The van der Waals surface area contributed by atoms with Crippen molar-refractivity contribution in [2.24, 2.45) is 38.3 Å². The van der Waals surface area contributed by atoms with Gasteiger partial charge in [0, 0.05) is 25.1 Å². The van der Waals surface area contributed by atoms with Gasteiger partial charge in [0.15, 0.2) is 5.96 Å². The van der Waals surface area contributed by atoms with E-state index in [0.29, 0.717) is 41.9 Å². The smallest absolute Gasteiger partial charge is 0.305 e. The van der Waals surface area contributed by atoms with Crippen molar-refractivity contribution in [3.05, 3.63) is 95.6 Å². The molecule has 0 spiro atoms. The van der Waals surface area contributed by atoms with Gasteiger partial charge in [0.2, 0.25) is 41.4 Å². The van der Waals surface area contributed by atoms with Gasteiger partial charge < -0.3 is 64.8 Å². The zero-order valence-corrected chi connectivity index (χ0v) is 41.0. The molecule has 8 amide bonds. The number of azo groups is 1. The van der Waals surface area contributed by atoms with Crippen LogP contribution in [0, 0.1) is 5.92 Å². The van der Waals surface area contributed by atoms with E-state index in [4.69, 9.17) is 17.2 Å². The van der Waals surface area contributed by atoms with Crippen LogP contribution in [0.25, 0.3) is 0 Å². The van der Waals surface area contributed by atoms with E-state index in [1.807, 2.05) is 0 Å². The van der Waals surface area contributed by atoms with Crippen molar-refractivity contribution in [2.75, 3.05) is 19.6 Å². The van der Waals surface area contributed by atoms with E-state index in [-0.39, 0.29) is 50.3 Å². The van der Waals surface area contributed by atoms with E-state index in [0.717, 1.165) is 0 Å². The number of carboxylic acid groups (broad SMARTS) is 1. The molecular weight excluding hydrogens is 945 g/mol. The maximum absolute atomic E-state index is 14.2. The Bertz CT molecular complexity index is 2450. The van der Waals surface area contributed by atoms with Crippen molar-refractivity contribution in [3.63, 3.8) is 0 Å². The largest absolute Gasteiger partial charge is 0.481 e. The van der Waals surface area contributed by atoms with Crippen molar-refractivity contribution in [2.45, 2.75) is 109 Å². The fourth-order valence-corrected chi connectivity index (χ4v) is 7.27. The molecule has 0 saturated heterocycles. The molecule has 0 aliphatic carbocycles. The van der Waals surface area contributed by atoms with Crippen LogP contribution in [0.15, 0.2) is 94.1 Å². The number of benzene rings is 3. The number of unbranched alkanes of at least 4 members (excludes halogenated alkanes) is 1. The monoisotopic (exact) mass is 1010 g/mol. The lowest BCUT2D eigenvalue weighted by Crippen LogP contribution is -2.60. The number of nitrogens with zero attached hydrogens (tertiary/aromatic N) is 3. The topological polar surface area (TPSA) is 385 Å². The fraction of sp³-hybridized carbons (Fsp3) is 0.429. The van der Waals surface area contributed by atoms with Crippen LogP contribution in [0.1, 0.15) is 80.8 Å². The fourth-order valence-electron chi connectivity index (χ4n) is 7.27. The van der Waals surface area contributed by atoms with Gasteiger partial charge in [-0.15, -0.1) is 0 Å². The molecule has 3 aromatic carbocycles. The standard InChI is InChI=1S/C49H66N14O10/c1-28(2)41-48(73)59-35(12-7-8-22-50)44(69)54-26-31-14-18-33(19-15-31)62-63-34-20-16-32(17-21-34)43(68)56-29(3)42(67)58-36(13-9-23-53-49(51)52)45(70)55-27-39(64)57-38(25-40(65)66)46(71)60-37(47(72)61-41)24-30-10-5-4-6-11-30/h4-6,10-11,14-21,28-29,35-38,41H,7-9,12-13,22-27,50H2,1-3H3,(H,54,69)(H,55,70)(H,56,68)(H,57,64)(H,58,67)(H,59,73)(H,60,71)(H,61,72)(H,65,66)(H4,51,52,53)/t29-,35-,36-,37+,38-,41-/m0/s1. The first-order valence-corrected chi connectivity index (χ1v) is 23.8. The number of aliphatic imine (C=N–C) groups is 1. The summed E-state index contributed by atoms with van der Waals surface area (Å²) >= 11 is 0. The summed E-state index contributed by atoms with van der Waals surface area (Å²) in [5, 5.41) is 38.9. The Morgan fingerprint density at radius 3 is 1.79 bits per heavy atom. The average molecular weight is 1010 g/mol. The number of hydrogen-bond acceptors (Lipinski definition) is 13. The summed E-state index contributed by atoms with van der Waals surface area (Å²) in [6.07, 6.45) is 0.372. The van der Waals surface area contributed by atoms with Crippen molar-refractivity contribution >= 4 is 70.6 Å². The predicted molar refractivity (Wildman–Crippen MR) is 269 cm³/mol. The molecule has 73 heavy (non-hydrogen) atoms. The van der Waals surface area contributed by atoms with Crippen molar-refractivity contribution in [1.82, 2.24) is 42.5 Å². The lowest BCUT2D eigenvalue weighted by Gasteiger charge is -2.28. The molecular formula is C49H66N14O10. The van der Waals surface area contributed by atoms with Gasteiger partial charge in [-0.1, -0.05) is 56.3 Å². The molecule has 3 aliphatic rings. The van der Waals surface area contributed by atoms with E-state index in [1.54, 1.807) is 80.6 Å². The Labute approximate surface area is 422 Å². The first kappa shape index (κ1) is 57.3. The summed E-state index contributed by atoms with van der Waals surface area (Å²) in [4.78, 5) is 125. The van der Waals surface area contributed by atoms with E-state index >= 15 is 0 Å². The van der Waals surface area contributed by atoms with Gasteiger partial charge in [-0.25, -0.2) is 0 Å². The molecule has 15 N–H and O–H groups in total. The molecule has 24 nitrogen and oxygen atoms in total. The Balaban J connectivity index is 1.67. The molecule has 3 heterocycles. The van der Waals surface area contributed by atoms with Gasteiger partial charge in [0.05, 0.1) is 24.3 Å². The van der Waals surface area contributed by atoms with Crippen LogP contribution in [-0.2, 0) is 51.3 Å². The number of nitrogens with two attached hydrogens (primary N) is 3. The third-order valence-electron chi connectivity index (χ3n) is 11.3. The van der Waals surface area contributed by atoms with Gasteiger partial charge >= 0.3 is 5.97 Å². The maximum Gasteiger partial charge on any atom is 0.305 e. The zero-order valence-electron chi connectivity index (χ0n) is 41.0. The maximum atomic E-state index is 14.2. The minimum absolute atomic E-state index is 0.0320. The summed E-state index contributed by atoms with van der Waals surface area (Å²) < 4.78 is 0. The summed E-state index contributed by atoms with van der Waals surface area (Å²) in [6.45, 7) is 4.48. The highest BCUT2D eigenvalue weighted by Gasteiger charge is 2.34. The van der Waals surface area contributed by atoms with Crippen LogP contribution in [0.5, 0.6) is 0 Å². The van der Waals surface area contributed by atoms with E-state index < -0.39 is 108 Å². The highest BCUT2D eigenvalue weighted by Crippen LogP contribution is 2.20. The van der Waals surface area contributed by atoms with Crippen molar-refractivity contribution < 1.29 is 48.3 Å². The number of aliphatic carboxylic acids is 1. The van der Waals surface area contributed by atoms with Gasteiger partial charge in [-0.2, -0.15) is 10.2 Å². The molecule has 0 radical (unpaired) electrons. The second-order valence-corrected chi connectivity index (χ2v) is 17.6. The highest BCUT2D eigenvalue weighted by atomic mass is 16.4. The van der Waals surface area contributed by atoms with E-state index in [1.165, 1.54) is 19.1 Å². The third-order valence-corrected chi connectivity index (χ3v) is 11.3. The number of nitrogens with one attached hydrogen (secondary N) is 8. The first-order valence-electron chi connectivity index (χ1n) is 23.8. The highest BCUT2D eigenvalue weighted by molar-refractivity contribution is 5.99. The quantitative estimate of drug-likeness (QED) is 0.0608. The number of carbonyl (C=O) groups is 9. The molecule has 3 aromatic rings. The predicted octanol–water partition coefficient (Wildman–Crippen LogP) is -0.0537. The molecule has 0 fully saturated rings. The lowest BCUT2D eigenvalue weighted by atomic mass is 9.99. The first-order chi connectivity index (χ1) is 34.8. The number of rotatable bonds is 13. The van der Waals surface area contributed by atoms with Crippen molar-refractivity contribution in [1.29, 1.82) is 0 Å². The van der Waals surface area contributed by atoms with Crippen LogP contribution < -0.4 is 59.7 Å². The minimum Gasteiger partial charge on any atom is -0.481 e. The van der Waals surface area contributed by atoms with Gasteiger partial charge in [0.25, 0.3) is 5.91 Å². The molecule has 0 unspecified atom stereocenters. The molecule has 6 atom stereocenters. The van der Waals surface area contributed by atoms with E-state index in [9.17, 15) is 48.3 Å². The van der Waals surface area contributed by atoms with Crippen LogP contribution >= 0.6 is 0 Å². The van der Waals surface area contributed by atoms with Crippen molar-refractivity contribution in [3.8, 4) is 0 Å². The summed E-state index contributed by atoms with van der Waals surface area (Å²) in [5.41, 5.74) is 19.0. The number of hydrogen-bond donors (Lipinski definition) is 12. The van der Waals surface area contributed by atoms with Gasteiger partial charge in [-0.3, -0.25) is 48.1 Å². The summed E-state index contributed by atoms with van der Waals surface area (Å²) in [6, 6.07) is 13.5. The number of fused-ring (bicyclic) bond motifs is 2. The second kappa shape index (κ2) is 29.2. The SMILES string of the molecule is CC(C)[C@@H]1NC(=O)[C@@H](Cc2ccccc2)NC(=O)[C@H](CC(=O)O)NC(=O)CNC(=O)[C@H](CCCN=C(N)N)NC(=O)[C@H](C)NC(=O)c2ccc(cc2)N=Nc2ccc(cc2)CNC(=O)[C@H](CCCCN)NC1=O. The molecule has 4 bridgehead atoms. The molecule has 392 valence electrons. The Hall–Kier alpha value is -8.28. The Kier molecular flexibility index (Phi) is 22.9. The number of amides is 8. The molecule has 0 aromatic heterocycles. The van der Waals surface area contributed by atoms with Crippen LogP contribution in [0.3, 0.4) is 0 Å². The zero-order chi connectivity index (χ0) is 53.5. The second-order valence-electron chi connectivity index (χ2n) is 17.6. The molecule has 6 rings (SSSR count). The average Bonchev–Trinajstić information content (AvgIpc) is 3.35. The lowest BCUT2D eigenvalue weighted by molar-refractivity contribution is -0.141. The number of guanidine groups is 1. The van der Waals surface area contributed by atoms with Crippen LogP contribution in [0.4, 0.5) is 11.4 Å². The van der Waals surface area contributed by atoms with Crippen LogP contribution in [0.2, 0.25) is 0 Å².